The fourth-order valence-electron chi connectivity index (χ4n) is 1.71. The predicted octanol–water partition coefficient (Wildman–Crippen LogP) is 3.21. The van der Waals surface area contributed by atoms with Gasteiger partial charge in [0.25, 0.3) is 0 Å². The number of rotatable bonds is 4. The van der Waals surface area contributed by atoms with Crippen LogP contribution in [0, 0.1) is 0 Å². The molecule has 21 heavy (non-hydrogen) atoms. The fraction of sp³-hybridized carbons (Fsp3) is 0.133. The van der Waals surface area contributed by atoms with Crippen LogP contribution in [0.4, 0.5) is 21.9 Å². The number of anilines is 3. The molecule has 0 bridgehead atoms. The second-order valence-corrected chi connectivity index (χ2v) is 4.27. The quantitative estimate of drug-likeness (QED) is 0.750. The van der Waals surface area contributed by atoms with Crippen molar-refractivity contribution in [2.75, 3.05) is 23.4 Å². The molecule has 6 nitrogen and oxygen atoms in total. The molecule has 0 aliphatic heterocycles. The zero-order valence-corrected chi connectivity index (χ0v) is 11.6. The highest BCUT2D eigenvalue weighted by molar-refractivity contribution is 5.89. The van der Waals surface area contributed by atoms with Crippen molar-refractivity contribution in [3.8, 4) is 11.5 Å². The molecule has 1 amide bonds. The Morgan fingerprint density at radius 3 is 2.57 bits per heavy atom. The Kier molecular flexibility index (Phi) is 4.50. The molecule has 0 aromatic heterocycles. The number of carbonyl (C=O) groups excluding carboxylic acids is 1. The van der Waals surface area contributed by atoms with Gasteiger partial charge in [-0.2, -0.15) is 0 Å². The number of ether oxygens (including phenoxy) is 2. The van der Waals surface area contributed by atoms with Crippen molar-refractivity contribution in [2.24, 2.45) is 0 Å². The molecule has 0 unspecified atom stereocenters. The Hall–Kier alpha value is -2.89. The van der Waals surface area contributed by atoms with Gasteiger partial charge in [-0.15, -0.1) is 0 Å². The van der Waals surface area contributed by atoms with E-state index < -0.39 is 6.09 Å². The van der Waals surface area contributed by atoms with E-state index in [0.717, 1.165) is 0 Å². The third-order valence-electron chi connectivity index (χ3n) is 2.63. The first-order valence-electron chi connectivity index (χ1n) is 6.45. The molecule has 0 aliphatic carbocycles. The van der Waals surface area contributed by atoms with Crippen molar-refractivity contribution in [1.82, 2.24) is 0 Å². The summed E-state index contributed by atoms with van der Waals surface area (Å²) in [6.45, 7) is 2.02. The summed E-state index contributed by atoms with van der Waals surface area (Å²) < 4.78 is 10.4. The highest BCUT2D eigenvalue weighted by Crippen LogP contribution is 2.28. The number of nitrogens with one attached hydrogen (secondary N) is 1. The smallest absolute Gasteiger partial charge is 0.411 e. The summed E-state index contributed by atoms with van der Waals surface area (Å²) in [5.41, 5.74) is 13.0. The van der Waals surface area contributed by atoms with Crippen LogP contribution in [0.2, 0.25) is 0 Å². The molecule has 0 heterocycles. The molecule has 2 rings (SSSR count). The lowest BCUT2D eigenvalue weighted by Crippen LogP contribution is -2.14. The van der Waals surface area contributed by atoms with E-state index in [4.69, 9.17) is 20.9 Å². The second kappa shape index (κ2) is 6.51. The van der Waals surface area contributed by atoms with Crippen molar-refractivity contribution < 1.29 is 14.3 Å². The number of nitrogens with two attached hydrogens (primary N) is 2. The van der Waals surface area contributed by atoms with E-state index in [1.807, 2.05) is 0 Å². The molecule has 0 fully saturated rings. The number of carbonyl (C=O) groups is 1. The summed E-state index contributed by atoms with van der Waals surface area (Å²) in [6.07, 6.45) is -0.547. The first kappa shape index (κ1) is 14.5. The minimum atomic E-state index is -0.547. The van der Waals surface area contributed by atoms with Crippen molar-refractivity contribution in [2.45, 2.75) is 6.92 Å². The molecule has 0 radical (unpaired) electrons. The van der Waals surface area contributed by atoms with Crippen LogP contribution in [-0.2, 0) is 4.74 Å². The van der Waals surface area contributed by atoms with Gasteiger partial charge in [0.1, 0.15) is 11.5 Å². The molecule has 0 saturated carbocycles. The van der Waals surface area contributed by atoms with E-state index >= 15 is 0 Å². The number of amides is 1. The number of hydrogen-bond acceptors (Lipinski definition) is 5. The monoisotopic (exact) mass is 287 g/mol. The van der Waals surface area contributed by atoms with Gasteiger partial charge in [0, 0.05) is 17.8 Å². The summed E-state index contributed by atoms with van der Waals surface area (Å²) in [4.78, 5) is 11.3. The molecule has 110 valence electrons. The Bertz CT molecular complexity index is 644. The highest BCUT2D eigenvalue weighted by atomic mass is 16.5. The molecular weight excluding hydrogens is 270 g/mol. The molecule has 5 N–H and O–H groups in total. The Balaban J connectivity index is 2.10. The molecule has 2 aromatic rings. The minimum Gasteiger partial charge on any atom is -0.457 e. The molecular formula is C15H17N3O3. The first-order chi connectivity index (χ1) is 10.1. The van der Waals surface area contributed by atoms with Crippen LogP contribution in [0.25, 0.3) is 0 Å². The van der Waals surface area contributed by atoms with Crippen LogP contribution in [0.3, 0.4) is 0 Å². The third-order valence-corrected chi connectivity index (χ3v) is 2.63. The van der Waals surface area contributed by atoms with Crippen molar-refractivity contribution in [1.29, 1.82) is 0 Å². The fourth-order valence-corrected chi connectivity index (χ4v) is 1.71. The lowest BCUT2D eigenvalue weighted by molar-refractivity contribution is 0.168. The average molecular weight is 287 g/mol. The largest absolute Gasteiger partial charge is 0.457 e. The van der Waals surface area contributed by atoms with Gasteiger partial charge >= 0.3 is 6.09 Å². The average Bonchev–Trinajstić information content (AvgIpc) is 2.42. The maximum absolute atomic E-state index is 11.3. The normalized spacial score (nSPS) is 9.95. The Morgan fingerprint density at radius 2 is 1.90 bits per heavy atom. The van der Waals surface area contributed by atoms with Crippen molar-refractivity contribution >= 4 is 23.2 Å². The standard InChI is InChI=1S/C15H17N3O3/c1-2-20-15(19)18-14-7-6-12(9-13(14)17)21-11-5-3-4-10(16)8-11/h3-9H,2,16-17H2,1H3,(H,18,19). The van der Waals surface area contributed by atoms with E-state index in [1.165, 1.54) is 0 Å². The molecule has 0 atom stereocenters. The summed E-state index contributed by atoms with van der Waals surface area (Å²) in [6, 6.07) is 12.0. The van der Waals surface area contributed by atoms with Crippen LogP contribution < -0.4 is 21.5 Å². The summed E-state index contributed by atoms with van der Waals surface area (Å²) in [7, 11) is 0. The molecule has 0 saturated heterocycles. The van der Waals surface area contributed by atoms with Gasteiger partial charge in [0.05, 0.1) is 18.0 Å². The van der Waals surface area contributed by atoms with Gasteiger partial charge < -0.3 is 20.9 Å². The van der Waals surface area contributed by atoms with E-state index in [2.05, 4.69) is 5.32 Å². The lowest BCUT2D eigenvalue weighted by atomic mass is 10.2. The highest BCUT2D eigenvalue weighted by Gasteiger charge is 2.07. The summed E-state index contributed by atoms with van der Waals surface area (Å²) >= 11 is 0. The van der Waals surface area contributed by atoms with Gasteiger partial charge in [-0.05, 0) is 31.2 Å². The van der Waals surface area contributed by atoms with E-state index in [1.54, 1.807) is 49.4 Å². The van der Waals surface area contributed by atoms with E-state index in [0.29, 0.717) is 35.2 Å². The molecule has 2 aromatic carbocycles. The SMILES string of the molecule is CCOC(=O)Nc1ccc(Oc2cccc(N)c2)cc1N. The maximum Gasteiger partial charge on any atom is 0.411 e. The summed E-state index contributed by atoms with van der Waals surface area (Å²) in [5.74, 6) is 1.16. The number of hydrogen-bond donors (Lipinski definition) is 3. The van der Waals surface area contributed by atoms with Crippen LogP contribution in [0.15, 0.2) is 42.5 Å². The molecule has 0 spiro atoms. The number of benzene rings is 2. The molecule has 0 aliphatic rings. The lowest BCUT2D eigenvalue weighted by Gasteiger charge is -2.11. The van der Waals surface area contributed by atoms with Crippen LogP contribution >= 0.6 is 0 Å². The minimum absolute atomic E-state index is 0.294. The van der Waals surface area contributed by atoms with E-state index in [-0.39, 0.29) is 0 Å². The van der Waals surface area contributed by atoms with Gasteiger partial charge in [-0.3, -0.25) is 5.32 Å². The maximum atomic E-state index is 11.3. The zero-order chi connectivity index (χ0) is 15.2. The van der Waals surface area contributed by atoms with Crippen molar-refractivity contribution in [3.63, 3.8) is 0 Å². The third kappa shape index (κ3) is 4.04. The second-order valence-electron chi connectivity index (χ2n) is 4.27. The van der Waals surface area contributed by atoms with E-state index in [9.17, 15) is 4.79 Å². The van der Waals surface area contributed by atoms with Gasteiger partial charge in [-0.1, -0.05) is 6.07 Å². The topological polar surface area (TPSA) is 99.6 Å². The van der Waals surface area contributed by atoms with Gasteiger partial charge in [0.15, 0.2) is 0 Å². The predicted molar refractivity (Wildman–Crippen MR) is 82.4 cm³/mol. The van der Waals surface area contributed by atoms with Crippen LogP contribution in [0.5, 0.6) is 11.5 Å². The van der Waals surface area contributed by atoms with Crippen LogP contribution in [-0.4, -0.2) is 12.7 Å². The van der Waals surface area contributed by atoms with Crippen LogP contribution in [0.1, 0.15) is 6.92 Å². The first-order valence-corrected chi connectivity index (χ1v) is 6.45. The van der Waals surface area contributed by atoms with Gasteiger partial charge in [-0.25, -0.2) is 4.79 Å². The van der Waals surface area contributed by atoms with Gasteiger partial charge in [0.2, 0.25) is 0 Å². The Labute approximate surface area is 122 Å². The summed E-state index contributed by atoms with van der Waals surface area (Å²) in [5, 5.41) is 2.55. The van der Waals surface area contributed by atoms with Crippen molar-refractivity contribution in [3.05, 3.63) is 42.5 Å². The molecule has 6 heteroatoms. The number of nitrogen functional groups attached to an aromatic ring is 2. The zero-order valence-electron chi connectivity index (χ0n) is 11.6. The Morgan fingerprint density at radius 1 is 1.14 bits per heavy atom.